The van der Waals surface area contributed by atoms with Gasteiger partial charge in [0, 0.05) is 24.7 Å². The number of likely N-dealkylation sites (tertiary alicyclic amines) is 1. The largest absolute Gasteiger partial charge is 0.496 e. The fourth-order valence-electron chi connectivity index (χ4n) is 2.82. The summed E-state index contributed by atoms with van der Waals surface area (Å²) < 4.78 is 5.36. The van der Waals surface area contributed by atoms with Crippen LogP contribution in [0.1, 0.15) is 24.8 Å². The maximum Gasteiger partial charge on any atom is 0.124 e. The number of para-hydroxylation sites is 1. The zero-order valence-electron chi connectivity index (χ0n) is 10.2. The second kappa shape index (κ2) is 4.00. The third-order valence-corrected chi connectivity index (χ3v) is 3.95. The Morgan fingerprint density at radius 1 is 1.35 bits per heavy atom. The van der Waals surface area contributed by atoms with E-state index in [1.807, 2.05) is 24.3 Å². The maximum atomic E-state index is 10.8. The fourth-order valence-corrected chi connectivity index (χ4v) is 2.82. The molecule has 1 aliphatic carbocycles. The van der Waals surface area contributed by atoms with Crippen molar-refractivity contribution in [3.63, 3.8) is 0 Å². The van der Waals surface area contributed by atoms with E-state index in [4.69, 9.17) is 4.74 Å². The van der Waals surface area contributed by atoms with Crippen LogP contribution in [0, 0.1) is 0 Å². The molecule has 3 rings (SSSR count). The number of hydrogen-bond acceptors (Lipinski definition) is 3. The van der Waals surface area contributed by atoms with Crippen molar-refractivity contribution in [1.29, 1.82) is 0 Å². The van der Waals surface area contributed by atoms with Gasteiger partial charge in [0.05, 0.1) is 7.11 Å². The molecule has 0 amide bonds. The second-order valence-corrected chi connectivity index (χ2v) is 5.18. The highest BCUT2D eigenvalue weighted by Crippen LogP contribution is 2.41. The number of methoxy groups -OCH3 is 1. The molecular formula is C14H19NO2. The van der Waals surface area contributed by atoms with Crippen LogP contribution >= 0.6 is 0 Å². The second-order valence-electron chi connectivity index (χ2n) is 5.18. The van der Waals surface area contributed by atoms with E-state index in [0.717, 1.165) is 36.9 Å². The molecule has 1 saturated carbocycles. The average molecular weight is 233 g/mol. The predicted molar refractivity (Wildman–Crippen MR) is 66.1 cm³/mol. The molecule has 0 radical (unpaired) electrons. The lowest BCUT2D eigenvalue weighted by Gasteiger charge is -2.25. The van der Waals surface area contributed by atoms with Crippen molar-refractivity contribution in [1.82, 2.24) is 4.90 Å². The van der Waals surface area contributed by atoms with Gasteiger partial charge in [0.15, 0.2) is 0 Å². The fraction of sp³-hybridized carbons (Fsp3) is 0.571. The third kappa shape index (κ3) is 1.94. The van der Waals surface area contributed by atoms with Crippen LogP contribution in [0.4, 0.5) is 0 Å². The number of hydrogen-bond donors (Lipinski definition) is 1. The normalized spacial score (nSPS) is 29.5. The summed E-state index contributed by atoms with van der Waals surface area (Å²) in [5.41, 5.74) is 0.209. The first-order valence-corrected chi connectivity index (χ1v) is 6.33. The Hall–Kier alpha value is -1.06. The van der Waals surface area contributed by atoms with Gasteiger partial charge in [0.1, 0.15) is 11.4 Å². The summed E-state index contributed by atoms with van der Waals surface area (Å²) in [7, 11) is 1.66. The number of rotatable bonds is 3. The Kier molecular flexibility index (Phi) is 2.60. The monoisotopic (exact) mass is 233 g/mol. The molecule has 17 heavy (non-hydrogen) atoms. The van der Waals surface area contributed by atoms with Gasteiger partial charge in [-0.1, -0.05) is 18.2 Å². The van der Waals surface area contributed by atoms with Gasteiger partial charge < -0.3 is 9.84 Å². The van der Waals surface area contributed by atoms with Crippen molar-refractivity contribution >= 4 is 0 Å². The summed E-state index contributed by atoms with van der Waals surface area (Å²) >= 11 is 0. The summed E-state index contributed by atoms with van der Waals surface area (Å²) in [5, 5.41) is 10.8. The predicted octanol–water partition coefficient (Wildman–Crippen LogP) is 1.75. The lowest BCUT2D eigenvalue weighted by Crippen LogP contribution is -2.32. The molecule has 1 aromatic carbocycles. The molecule has 1 saturated heterocycles. The van der Waals surface area contributed by atoms with E-state index in [0.29, 0.717) is 0 Å². The van der Waals surface area contributed by atoms with Crippen LogP contribution in [-0.2, 0) is 5.60 Å². The molecule has 1 heterocycles. The Morgan fingerprint density at radius 2 is 2.12 bits per heavy atom. The van der Waals surface area contributed by atoms with Crippen molar-refractivity contribution in [3.05, 3.63) is 29.8 Å². The summed E-state index contributed by atoms with van der Waals surface area (Å²) in [6, 6.07) is 8.54. The smallest absolute Gasteiger partial charge is 0.124 e. The molecule has 3 heteroatoms. The van der Waals surface area contributed by atoms with E-state index in [9.17, 15) is 5.11 Å². The first-order valence-electron chi connectivity index (χ1n) is 6.33. The van der Waals surface area contributed by atoms with Crippen LogP contribution < -0.4 is 4.74 Å². The molecule has 1 aliphatic heterocycles. The molecule has 0 bridgehead atoms. The van der Waals surface area contributed by atoms with Crippen LogP contribution in [0.2, 0.25) is 0 Å². The van der Waals surface area contributed by atoms with E-state index >= 15 is 0 Å². The van der Waals surface area contributed by atoms with E-state index in [-0.39, 0.29) is 0 Å². The Bertz CT molecular complexity index is 416. The Balaban J connectivity index is 1.87. The number of ether oxygens (including phenoxy) is 1. The SMILES string of the molecule is COc1ccccc1C1(O)CCN(C2CC2)C1. The average Bonchev–Trinajstić information content (AvgIpc) is 3.13. The molecule has 2 fully saturated rings. The van der Waals surface area contributed by atoms with Crippen molar-refractivity contribution in [2.45, 2.75) is 30.9 Å². The molecule has 1 atom stereocenters. The van der Waals surface area contributed by atoms with Crippen LogP contribution in [-0.4, -0.2) is 36.2 Å². The summed E-state index contributed by atoms with van der Waals surface area (Å²) in [6.45, 7) is 1.75. The van der Waals surface area contributed by atoms with Crippen molar-refractivity contribution in [3.8, 4) is 5.75 Å². The molecule has 2 aliphatic rings. The summed E-state index contributed by atoms with van der Waals surface area (Å²) in [5.74, 6) is 0.799. The van der Waals surface area contributed by atoms with Crippen LogP contribution in [0.5, 0.6) is 5.75 Å². The standard InChI is InChI=1S/C14H19NO2/c1-17-13-5-3-2-4-12(13)14(16)8-9-15(10-14)11-6-7-11/h2-5,11,16H,6-10H2,1H3. The lowest BCUT2D eigenvalue weighted by molar-refractivity contribution is 0.0428. The van der Waals surface area contributed by atoms with Gasteiger partial charge >= 0.3 is 0 Å². The van der Waals surface area contributed by atoms with E-state index in [1.165, 1.54) is 12.8 Å². The first kappa shape index (κ1) is 11.1. The number of nitrogens with zero attached hydrogens (tertiary/aromatic N) is 1. The van der Waals surface area contributed by atoms with Gasteiger partial charge in [0.25, 0.3) is 0 Å². The van der Waals surface area contributed by atoms with Gasteiger partial charge in [0.2, 0.25) is 0 Å². The molecule has 0 spiro atoms. The molecule has 0 aromatic heterocycles. The zero-order valence-corrected chi connectivity index (χ0v) is 10.2. The Morgan fingerprint density at radius 3 is 2.82 bits per heavy atom. The van der Waals surface area contributed by atoms with Crippen LogP contribution in [0.25, 0.3) is 0 Å². The summed E-state index contributed by atoms with van der Waals surface area (Å²) in [4.78, 5) is 2.41. The van der Waals surface area contributed by atoms with Crippen LogP contribution in [0.3, 0.4) is 0 Å². The molecule has 92 valence electrons. The van der Waals surface area contributed by atoms with Gasteiger partial charge in [-0.05, 0) is 25.3 Å². The quantitative estimate of drug-likeness (QED) is 0.863. The highest BCUT2D eigenvalue weighted by atomic mass is 16.5. The minimum absolute atomic E-state index is 0.721. The molecule has 3 nitrogen and oxygen atoms in total. The van der Waals surface area contributed by atoms with E-state index in [1.54, 1.807) is 7.11 Å². The molecule has 1 unspecified atom stereocenters. The lowest BCUT2D eigenvalue weighted by atomic mass is 9.92. The van der Waals surface area contributed by atoms with Gasteiger partial charge in [-0.2, -0.15) is 0 Å². The maximum absolute atomic E-state index is 10.8. The van der Waals surface area contributed by atoms with E-state index < -0.39 is 5.60 Å². The van der Waals surface area contributed by atoms with Crippen molar-refractivity contribution < 1.29 is 9.84 Å². The van der Waals surface area contributed by atoms with Crippen molar-refractivity contribution in [2.75, 3.05) is 20.2 Å². The first-order chi connectivity index (χ1) is 8.23. The zero-order chi connectivity index (χ0) is 11.9. The van der Waals surface area contributed by atoms with Gasteiger partial charge in [-0.3, -0.25) is 4.90 Å². The van der Waals surface area contributed by atoms with Crippen molar-refractivity contribution in [2.24, 2.45) is 0 Å². The topological polar surface area (TPSA) is 32.7 Å². The molecule has 1 N–H and O–H groups in total. The summed E-state index contributed by atoms with van der Waals surface area (Å²) in [6.07, 6.45) is 3.40. The molecular weight excluding hydrogens is 214 g/mol. The number of β-amino-alcohol motifs (C(OH)–C–C–N with tert-alkyl or cyclic N) is 1. The third-order valence-electron chi connectivity index (χ3n) is 3.95. The number of aliphatic hydroxyl groups is 1. The van der Waals surface area contributed by atoms with Crippen LogP contribution in [0.15, 0.2) is 24.3 Å². The minimum atomic E-state index is -0.727. The highest BCUT2D eigenvalue weighted by Gasteiger charge is 2.44. The molecule has 1 aromatic rings. The Labute approximate surface area is 102 Å². The minimum Gasteiger partial charge on any atom is -0.496 e. The number of benzene rings is 1. The van der Waals surface area contributed by atoms with Gasteiger partial charge in [-0.15, -0.1) is 0 Å². The van der Waals surface area contributed by atoms with E-state index in [2.05, 4.69) is 4.90 Å². The van der Waals surface area contributed by atoms with Gasteiger partial charge in [-0.25, -0.2) is 0 Å². The highest BCUT2D eigenvalue weighted by molar-refractivity contribution is 5.39.